The monoisotopic (exact) mass is 347 g/mol. The van der Waals surface area contributed by atoms with Crippen LogP contribution in [0.2, 0.25) is 5.02 Å². The molecule has 1 fully saturated rings. The lowest BCUT2D eigenvalue weighted by Crippen LogP contribution is -2.38. The summed E-state index contributed by atoms with van der Waals surface area (Å²) in [6, 6.07) is 5.04. The lowest BCUT2D eigenvalue weighted by Gasteiger charge is -2.22. The number of anilines is 1. The SMILES string of the molecule is COC(=O)C(Nc1ccc(Cl)c(Br)c1)C1CCOC1. The molecule has 1 aliphatic rings. The maximum atomic E-state index is 11.9. The second-order valence-corrected chi connectivity index (χ2v) is 5.66. The van der Waals surface area contributed by atoms with Gasteiger partial charge in [0.15, 0.2) is 0 Å². The molecule has 0 radical (unpaired) electrons. The Bertz CT molecular complexity index is 463. The first-order valence-corrected chi connectivity index (χ1v) is 7.16. The number of nitrogens with one attached hydrogen (secondary N) is 1. The molecule has 1 aliphatic heterocycles. The Labute approximate surface area is 125 Å². The minimum Gasteiger partial charge on any atom is -0.467 e. The van der Waals surface area contributed by atoms with Crippen LogP contribution in [0.5, 0.6) is 0 Å². The Balaban J connectivity index is 2.14. The molecule has 0 aliphatic carbocycles. The molecule has 6 heteroatoms. The van der Waals surface area contributed by atoms with E-state index in [-0.39, 0.29) is 11.9 Å². The summed E-state index contributed by atoms with van der Waals surface area (Å²) in [5.74, 6) is -0.150. The summed E-state index contributed by atoms with van der Waals surface area (Å²) in [7, 11) is 1.39. The van der Waals surface area contributed by atoms with Crippen molar-refractivity contribution in [1.29, 1.82) is 0 Å². The third-order valence-electron chi connectivity index (χ3n) is 3.13. The van der Waals surface area contributed by atoms with Gasteiger partial charge in [-0.25, -0.2) is 4.79 Å². The van der Waals surface area contributed by atoms with Crippen LogP contribution in [0.15, 0.2) is 22.7 Å². The molecule has 4 nitrogen and oxygen atoms in total. The summed E-state index contributed by atoms with van der Waals surface area (Å²) in [6.45, 7) is 1.26. The second kappa shape index (κ2) is 6.59. The van der Waals surface area contributed by atoms with E-state index in [1.807, 2.05) is 12.1 Å². The van der Waals surface area contributed by atoms with Gasteiger partial charge >= 0.3 is 5.97 Å². The molecule has 0 spiro atoms. The highest BCUT2D eigenvalue weighted by molar-refractivity contribution is 9.10. The molecule has 0 amide bonds. The fraction of sp³-hybridized carbons (Fsp3) is 0.462. The van der Waals surface area contributed by atoms with Crippen LogP contribution in [0.4, 0.5) is 5.69 Å². The standard InChI is InChI=1S/C13H15BrClNO3/c1-18-13(17)12(8-4-5-19-7-8)16-9-2-3-11(15)10(14)6-9/h2-3,6,8,12,16H,4-5,7H2,1H3. The molecule has 2 rings (SSSR count). The van der Waals surface area contributed by atoms with Gasteiger partial charge in [-0.1, -0.05) is 11.6 Å². The highest BCUT2D eigenvalue weighted by Gasteiger charge is 2.32. The van der Waals surface area contributed by atoms with Crippen molar-refractivity contribution in [2.75, 3.05) is 25.6 Å². The van der Waals surface area contributed by atoms with E-state index in [1.54, 1.807) is 6.07 Å². The van der Waals surface area contributed by atoms with Crippen LogP contribution < -0.4 is 5.32 Å². The third kappa shape index (κ3) is 3.61. The minimum atomic E-state index is -0.402. The molecule has 104 valence electrons. The van der Waals surface area contributed by atoms with Crippen molar-refractivity contribution in [3.05, 3.63) is 27.7 Å². The molecular formula is C13H15BrClNO3. The molecule has 0 saturated carbocycles. The van der Waals surface area contributed by atoms with Crippen LogP contribution in [-0.4, -0.2) is 32.3 Å². The van der Waals surface area contributed by atoms with E-state index in [9.17, 15) is 4.79 Å². The van der Waals surface area contributed by atoms with Crippen molar-refractivity contribution >= 4 is 39.2 Å². The zero-order chi connectivity index (χ0) is 13.8. The van der Waals surface area contributed by atoms with Gasteiger partial charge in [-0.15, -0.1) is 0 Å². The molecule has 1 saturated heterocycles. The predicted octanol–water partition coefficient (Wildman–Crippen LogP) is 3.09. The van der Waals surface area contributed by atoms with Crippen LogP contribution in [0.3, 0.4) is 0 Å². The van der Waals surface area contributed by atoms with E-state index >= 15 is 0 Å². The normalized spacial score (nSPS) is 20.1. The number of carbonyl (C=O) groups is 1. The molecule has 0 aromatic heterocycles. The van der Waals surface area contributed by atoms with Crippen LogP contribution >= 0.6 is 27.5 Å². The first kappa shape index (κ1) is 14.6. The molecule has 2 unspecified atom stereocenters. The number of carbonyl (C=O) groups excluding carboxylic acids is 1. The van der Waals surface area contributed by atoms with Gasteiger partial charge in [0.05, 0.1) is 18.7 Å². The molecule has 0 bridgehead atoms. The maximum absolute atomic E-state index is 11.9. The molecular weight excluding hydrogens is 334 g/mol. The van der Waals surface area contributed by atoms with Gasteiger partial charge in [0, 0.05) is 22.7 Å². The number of ether oxygens (including phenoxy) is 2. The van der Waals surface area contributed by atoms with E-state index in [1.165, 1.54) is 7.11 Å². The predicted molar refractivity (Wildman–Crippen MR) is 77.5 cm³/mol. The Hall–Kier alpha value is -0.780. The zero-order valence-electron chi connectivity index (χ0n) is 10.5. The summed E-state index contributed by atoms with van der Waals surface area (Å²) in [6.07, 6.45) is 0.849. The van der Waals surface area contributed by atoms with Gasteiger partial charge in [-0.2, -0.15) is 0 Å². The number of methoxy groups -OCH3 is 1. The Kier molecular flexibility index (Phi) is 5.07. The third-order valence-corrected chi connectivity index (χ3v) is 4.35. The maximum Gasteiger partial charge on any atom is 0.328 e. The van der Waals surface area contributed by atoms with Crippen LogP contribution in [0, 0.1) is 5.92 Å². The molecule has 2 atom stereocenters. The minimum absolute atomic E-state index is 0.127. The summed E-state index contributed by atoms with van der Waals surface area (Å²) in [4.78, 5) is 11.9. The average molecular weight is 349 g/mol. The fourth-order valence-electron chi connectivity index (χ4n) is 2.08. The summed E-state index contributed by atoms with van der Waals surface area (Å²) >= 11 is 9.31. The van der Waals surface area contributed by atoms with E-state index < -0.39 is 6.04 Å². The van der Waals surface area contributed by atoms with E-state index in [4.69, 9.17) is 21.1 Å². The quantitative estimate of drug-likeness (QED) is 0.850. The number of halogens is 2. The molecule has 19 heavy (non-hydrogen) atoms. The van der Waals surface area contributed by atoms with Gasteiger partial charge in [0.1, 0.15) is 6.04 Å². The highest BCUT2D eigenvalue weighted by Crippen LogP contribution is 2.27. The van der Waals surface area contributed by atoms with Gasteiger partial charge < -0.3 is 14.8 Å². The Morgan fingerprint density at radius 2 is 2.42 bits per heavy atom. The average Bonchev–Trinajstić information content (AvgIpc) is 2.93. The van der Waals surface area contributed by atoms with Crippen molar-refractivity contribution in [3.8, 4) is 0 Å². The zero-order valence-corrected chi connectivity index (χ0v) is 12.8. The van der Waals surface area contributed by atoms with Gasteiger partial charge in [-0.05, 0) is 40.5 Å². The Morgan fingerprint density at radius 3 is 3.00 bits per heavy atom. The van der Waals surface area contributed by atoms with Crippen molar-refractivity contribution in [2.24, 2.45) is 5.92 Å². The summed E-state index contributed by atoms with van der Waals surface area (Å²) in [5, 5.41) is 3.83. The number of rotatable bonds is 4. The van der Waals surface area contributed by atoms with E-state index in [0.29, 0.717) is 18.2 Å². The van der Waals surface area contributed by atoms with Crippen LogP contribution in [0.25, 0.3) is 0 Å². The van der Waals surface area contributed by atoms with E-state index in [0.717, 1.165) is 16.6 Å². The first-order chi connectivity index (χ1) is 9.11. The van der Waals surface area contributed by atoms with Gasteiger partial charge in [0.25, 0.3) is 0 Å². The fourth-order valence-corrected chi connectivity index (χ4v) is 2.57. The molecule has 1 aromatic rings. The topological polar surface area (TPSA) is 47.6 Å². The molecule has 1 N–H and O–H groups in total. The number of hydrogen-bond acceptors (Lipinski definition) is 4. The lowest BCUT2D eigenvalue weighted by atomic mass is 9.99. The summed E-state index contributed by atoms with van der Waals surface area (Å²) in [5.41, 5.74) is 0.818. The van der Waals surface area contributed by atoms with Crippen LogP contribution in [0.1, 0.15) is 6.42 Å². The molecule has 1 heterocycles. The molecule has 1 aromatic carbocycles. The van der Waals surface area contributed by atoms with Gasteiger partial charge in [-0.3, -0.25) is 0 Å². The number of benzene rings is 1. The second-order valence-electron chi connectivity index (χ2n) is 4.40. The Morgan fingerprint density at radius 1 is 1.63 bits per heavy atom. The van der Waals surface area contributed by atoms with E-state index in [2.05, 4.69) is 21.2 Å². The number of esters is 1. The van der Waals surface area contributed by atoms with Crippen molar-refractivity contribution in [1.82, 2.24) is 0 Å². The van der Waals surface area contributed by atoms with Crippen molar-refractivity contribution in [3.63, 3.8) is 0 Å². The summed E-state index contributed by atoms with van der Waals surface area (Å²) < 4.78 is 11.0. The van der Waals surface area contributed by atoms with Crippen LogP contribution in [-0.2, 0) is 14.3 Å². The lowest BCUT2D eigenvalue weighted by molar-refractivity contribution is -0.142. The van der Waals surface area contributed by atoms with Gasteiger partial charge in [0.2, 0.25) is 0 Å². The first-order valence-electron chi connectivity index (χ1n) is 5.99. The van der Waals surface area contributed by atoms with Crippen molar-refractivity contribution < 1.29 is 14.3 Å². The smallest absolute Gasteiger partial charge is 0.328 e. The largest absolute Gasteiger partial charge is 0.467 e. The number of hydrogen-bond donors (Lipinski definition) is 1. The van der Waals surface area contributed by atoms with Crippen molar-refractivity contribution in [2.45, 2.75) is 12.5 Å². The highest BCUT2D eigenvalue weighted by atomic mass is 79.9.